The number of hydrogen-bond acceptors (Lipinski definition) is 1. The normalized spacial score (nSPS) is 27.2. The topological polar surface area (TPSA) is 9.23 Å². The lowest BCUT2D eigenvalue weighted by molar-refractivity contribution is 0.00847. The van der Waals surface area contributed by atoms with Crippen molar-refractivity contribution in [2.75, 3.05) is 0 Å². The summed E-state index contributed by atoms with van der Waals surface area (Å²) in [6.45, 7) is 11.4. The molecule has 120 valence electrons. The maximum absolute atomic E-state index is 6.45. The van der Waals surface area contributed by atoms with Crippen LogP contribution >= 0.6 is 0 Å². The number of hydrogen-bond donors (Lipinski definition) is 0. The van der Waals surface area contributed by atoms with E-state index >= 15 is 0 Å². The van der Waals surface area contributed by atoms with Gasteiger partial charge >= 0.3 is 0 Å². The first-order valence-electron chi connectivity index (χ1n) is 8.88. The quantitative estimate of drug-likeness (QED) is 0.633. The van der Waals surface area contributed by atoms with E-state index in [0.717, 1.165) is 24.5 Å². The van der Waals surface area contributed by atoms with Crippen LogP contribution in [0.3, 0.4) is 0 Å². The van der Waals surface area contributed by atoms with Crippen LogP contribution in [0, 0.1) is 11.8 Å². The summed E-state index contributed by atoms with van der Waals surface area (Å²) in [5, 5.41) is 0. The van der Waals surface area contributed by atoms with Gasteiger partial charge in [-0.3, -0.25) is 0 Å². The maximum atomic E-state index is 6.45. The van der Waals surface area contributed by atoms with Gasteiger partial charge in [0.1, 0.15) is 11.4 Å². The van der Waals surface area contributed by atoms with Crippen molar-refractivity contribution in [3.8, 4) is 5.75 Å². The minimum absolute atomic E-state index is 0.0656. The fraction of sp³-hybridized carbons (Fsp3) is 0.619. The molecule has 22 heavy (non-hydrogen) atoms. The van der Waals surface area contributed by atoms with Gasteiger partial charge in [0, 0.05) is 5.92 Å². The minimum atomic E-state index is -0.0656. The summed E-state index contributed by atoms with van der Waals surface area (Å²) >= 11 is 0. The molecule has 1 heterocycles. The molecule has 0 unspecified atom stereocenters. The average Bonchev–Trinajstić information content (AvgIpc) is 2.46. The van der Waals surface area contributed by atoms with Crippen LogP contribution in [-0.4, -0.2) is 5.60 Å². The molecule has 1 aliphatic heterocycles. The third-order valence-corrected chi connectivity index (χ3v) is 5.77. The summed E-state index contributed by atoms with van der Waals surface area (Å²) in [5.41, 5.74) is 4.33. The van der Waals surface area contributed by atoms with E-state index in [2.05, 4.69) is 58.9 Å². The molecule has 1 aromatic rings. The fourth-order valence-electron chi connectivity index (χ4n) is 4.17. The second-order valence-corrected chi connectivity index (χ2v) is 8.00. The second kappa shape index (κ2) is 5.76. The largest absolute Gasteiger partial charge is 0.487 e. The molecule has 0 saturated carbocycles. The van der Waals surface area contributed by atoms with Crippen molar-refractivity contribution in [2.45, 2.75) is 71.8 Å². The molecular weight excluding hydrogens is 268 g/mol. The van der Waals surface area contributed by atoms with Crippen molar-refractivity contribution in [1.29, 1.82) is 0 Å². The van der Waals surface area contributed by atoms with Gasteiger partial charge in [-0.1, -0.05) is 44.1 Å². The van der Waals surface area contributed by atoms with E-state index in [9.17, 15) is 0 Å². The average molecular weight is 298 g/mol. The van der Waals surface area contributed by atoms with Crippen LogP contribution in [0.15, 0.2) is 29.8 Å². The lowest BCUT2D eigenvalue weighted by Gasteiger charge is -2.47. The summed E-state index contributed by atoms with van der Waals surface area (Å²) in [7, 11) is 0. The van der Waals surface area contributed by atoms with Gasteiger partial charge in [0.25, 0.3) is 0 Å². The highest BCUT2D eigenvalue weighted by Gasteiger charge is 2.44. The highest BCUT2D eigenvalue weighted by Crippen LogP contribution is 2.51. The number of benzene rings is 1. The van der Waals surface area contributed by atoms with E-state index in [1.165, 1.54) is 29.5 Å². The Morgan fingerprint density at radius 1 is 1.32 bits per heavy atom. The molecule has 1 aliphatic carbocycles. The molecule has 0 amide bonds. The Kier molecular flexibility index (Phi) is 4.09. The first kappa shape index (κ1) is 15.6. The van der Waals surface area contributed by atoms with Gasteiger partial charge < -0.3 is 4.74 Å². The van der Waals surface area contributed by atoms with E-state index in [-0.39, 0.29) is 5.60 Å². The Labute approximate surface area is 135 Å². The molecule has 0 N–H and O–H groups in total. The Morgan fingerprint density at radius 3 is 2.82 bits per heavy atom. The van der Waals surface area contributed by atoms with Crippen LogP contribution in [-0.2, 0) is 6.42 Å². The van der Waals surface area contributed by atoms with Gasteiger partial charge in [-0.2, -0.15) is 0 Å². The Bertz CT molecular complexity index is 582. The molecule has 0 bridgehead atoms. The van der Waals surface area contributed by atoms with Crippen LogP contribution in [0.1, 0.15) is 70.9 Å². The molecule has 0 spiro atoms. The van der Waals surface area contributed by atoms with Crippen molar-refractivity contribution in [2.24, 2.45) is 11.8 Å². The second-order valence-electron chi connectivity index (χ2n) is 8.00. The number of fused-ring (bicyclic) bond motifs is 3. The van der Waals surface area contributed by atoms with Crippen LogP contribution < -0.4 is 4.74 Å². The molecule has 0 radical (unpaired) electrons. The molecule has 1 heteroatoms. The molecule has 3 rings (SSSR count). The van der Waals surface area contributed by atoms with Gasteiger partial charge in [0.05, 0.1) is 0 Å². The van der Waals surface area contributed by atoms with Crippen molar-refractivity contribution in [3.05, 3.63) is 41.0 Å². The standard InChI is InChI=1S/C21H30O/c1-6-14(2)11-16-8-9-17-18-12-15(3)7-10-19(18)21(4,5)22-20(17)13-16/h7-9,13-14,18-19H,6,10-12H2,1-5H3/t14-,18-,19+/m0/s1. The van der Waals surface area contributed by atoms with Crippen LogP contribution in [0.25, 0.3) is 0 Å². The van der Waals surface area contributed by atoms with E-state index < -0.39 is 0 Å². The smallest absolute Gasteiger partial charge is 0.123 e. The molecule has 3 atom stereocenters. The van der Waals surface area contributed by atoms with E-state index in [4.69, 9.17) is 4.74 Å². The van der Waals surface area contributed by atoms with Crippen molar-refractivity contribution in [1.82, 2.24) is 0 Å². The Hall–Kier alpha value is -1.24. The zero-order valence-electron chi connectivity index (χ0n) is 14.8. The van der Waals surface area contributed by atoms with Gasteiger partial charge in [0.15, 0.2) is 0 Å². The van der Waals surface area contributed by atoms with Crippen LogP contribution in [0.4, 0.5) is 0 Å². The first-order chi connectivity index (χ1) is 10.4. The number of rotatable bonds is 3. The molecular formula is C21H30O. The van der Waals surface area contributed by atoms with Crippen molar-refractivity contribution < 1.29 is 4.74 Å². The highest BCUT2D eigenvalue weighted by atomic mass is 16.5. The molecule has 0 saturated heterocycles. The SMILES string of the molecule is CC[C@H](C)Cc1ccc2c(c1)OC(C)(C)[C@@H]1CC=C(C)C[C@@H]21. The number of ether oxygens (including phenoxy) is 1. The predicted molar refractivity (Wildman–Crippen MR) is 93.5 cm³/mol. The molecule has 1 aromatic carbocycles. The van der Waals surface area contributed by atoms with Crippen LogP contribution in [0.5, 0.6) is 5.75 Å². The molecule has 1 nitrogen and oxygen atoms in total. The van der Waals surface area contributed by atoms with E-state index in [1.54, 1.807) is 0 Å². The van der Waals surface area contributed by atoms with E-state index in [1.807, 2.05) is 0 Å². The van der Waals surface area contributed by atoms with Crippen molar-refractivity contribution in [3.63, 3.8) is 0 Å². The monoisotopic (exact) mass is 298 g/mol. The third-order valence-electron chi connectivity index (χ3n) is 5.77. The lowest BCUT2D eigenvalue weighted by Crippen LogP contribution is -2.45. The van der Waals surface area contributed by atoms with E-state index in [0.29, 0.717) is 11.8 Å². The molecule has 0 fully saturated rings. The third kappa shape index (κ3) is 2.83. The fourth-order valence-corrected chi connectivity index (χ4v) is 4.17. The summed E-state index contributed by atoms with van der Waals surface area (Å²) in [5.74, 6) is 3.11. The zero-order chi connectivity index (χ0) is 15.9. The van der Waals surface area contributed by atoms with Gasteiger partial charge in [-0.15, -0.1) is 0 Å². The number of allylic oxidation sites excluding steroid dienone is 2. The zero-order valence-corrected chi connectivity index (χ0v) is 14.8. The highest BCUT2D eigenvalue weighted by molar-refractivity contribution is 5.44. The molecule has 0 aromatic heterocycles. The van der Waals surface area contributed by atoms with Crippen LogP contribution in [0.2, 0.25) is 0 Å². The van der Waals surface area contributed by atoms with Gasteiger partial charge in [-0.25, -0.2) is 0 Å². The summed E-state index contributed by atoms with van der Waals surface area (Å²) in [6, 6.07) is 6.99. The maximum Gasteiger partial charge on any atom is 0.123 e. The van der Waals surface area contributed by atoms with Crippen molar-refractivity contribution >= 4 is 0 Å². The Morgan fingerprint density at radius 2 is 2.09 bits per heavy atom. The molecule has 2 aliphatic rings. The first-order valence-corrected chi connectivity index (χ1v) is 8.88. The summed E-state index contributed by atoms with van der Waals surface area (Å²) in [4.78, 5) is 0. The lowest BCUT2D eigenvalue weighted by atomic mass is 9.67. The minimum Gasteiger partial charge on any atom is -0.487 e. The Balaban J connectivity index is 1.95. The van der Waals surface area contributed by atoms with Gasteiger partial charge in [-0.05, 0) is 69.1 Å². The summed E-state index contributed by atoms with van der Waals surface area (Å²) < 4.78 is 6.45. The predicted octanol–water partition coefficient (Wildman–Crippen LogP) is 5.89. The summed E-state index contributed by atoms with van der Waals surface area (Å²) in [6.07, 6.45) is 7.14. The van der Waals surface area contributed by atoms with Gasteiger partial charge in [0.2, 0.25) is 0 Å².